The van der Waals surface area contributed by atoms with Crippen molar-refractivity contribution >= 4 is 72.4 Å². The Labute approximate surface area is 368 Å². The topological polar surface area (TPSA) is 9.86 Å². The van der Waals surface area contributed by atoms with Gasteiger partial charge < -0.3 is 9.13 Å². The minimum atomic E-state index is -2.86. The Hall–Kier alpha value is -7.98. The van der Waals surface area contributed by atoms with Gasteiger partial charge in [0.05, 0.1) is 33.4 Å². The van der Waals surface area contributed by atoms with E-state index in [1.807, 2.05) is 0 Å². The summed E-state index contributed by atoms with van der Waals surface area (Å²) in [6.45, 7) is 0. The van der Waals surface area contributed by atoms with Crippen LogP contribution >= 0.6 is 0 Å². The number of para-hydroxylation sites is 3. The number of benzene rings is 10. The van der Waals surface area contributed by atoms with Crippen molar-refractivity contribution in [2.75, 3.05) is 0 Å². The second-order valence-electron chi connectivity index (χ2n) is 16.4. The van der Waals surface area contributed by atoms with E-state index in [9.17, 15) is 0 Å². The molecule has 0 aliphatic rings. The molecule has 0 atom stereocenters. The lowest BCUT2D eigenvalue weighted by Gasteiger charge is -2.34. The zero-order chi connectivity index (χ0) is 41.7. The summed E-state index contributed by atoms with van der Waals surface area (Å²) in [4.78, 5) is 0. The molecule has 0 bridgehead atoms. The molecule has 0 amide bonds. The van der Waals surface area contributed by atoms with Gasteiger partial charge >= 0.3 is 0 Å². The second-order valence-corrected chi connectivity index (χ2v) is 20.2. The molecule has 3 heteroatoms. The standard InChI is InChI=1S/C60H42N2Si/c1-6-22-43(23-7-1)45-40-54-52-34-18-21-37-57(52)62(55-35-19-16-32-50(55)44-24-8-2-9-25-44)60(54)59(41-45)61-56-36-20-17-33-51(56)53-39-38-49(42-58(53)61)63(46-26-10-3-11-27-46,47-28-12-4-13-29-47)48-30-14-5-15-31-48/h1-42H. The fourth-order valence-electron chi connectivity index (χ4n) is 10.4. The molecule has 12 aromatic rings. The summed E-state index contributed by atoms with van der Waals surface area (Å²) >= 11 is 0. The van der Waals surface area contributed by atoms with Crippen LogP contribution in [0.2, 0.25) is 0 Å². The van der Waals surface area contributed by atoms with Gasteiger partial charge in [0.15, 0.2) is 8.07 Å². The van der Waals surface area contributed by atoms with Crippen LogP contribution in [0.4, 0.5) is 0 Å². The Morgan fingerprint density at radius 3 is 1.32 bits per heavy atom. The monoisotopic (exact) mass is 818 g/mol. The third-order valence-corrected chi connectivity index (χ3v) is 17.8. The molecule has 0 aliphatic carbocycles. The molecule has 0 aliphatic heterocycles. The number of hydrogen-bond donors (Lipinski definition) is 0. The van der Waals surface area contributed by atoms with Crippen LogP contribution in [0, 0.1) is 0 Å². The average Bonchev–Trinajstić information content (AvgIpc) is 3.88. The highest BCUT2D eigenvalue weighted by Crippen LogP contribution is 2.43. The van der Waals surface area contributed by atoms with Gasteiger partial charge in [-0.15, -0.1) is 0 Å². The quantitative estimate of drug-likeness (QED) is 0.107. The van der Waals surface area contributed by atoms with E-state index in [1.54, 1.807) is 0 Å². The Morgan fingerprint density at radius 1 is 0.254 bits per heavy atom. The lowest BCUT2D eigenvalue weighted by atomic mass is 10.0. The van der Waals surface area contributed by atoms with E-state index in [-0.39, 0.29) is 0 Å². The zero-order valence-corrected chi connectivity index (χ0v) is 35.6. The van der Waals surface area contributed by atoms with Crippen LogP contribution < -0.4 is 20.7 Å². The summed E-state index contributed by atoms with van der Waals surface area (Å²) < 4.78 is 5.10. The second kappa shape index (κ2) is 15.2. The van der Waals surface area contributed by atoms with Crippen molar-refractivity contribution in [3.63, 3.8) is 0 Å². The molecule has 63 heavy (non-hydrogen) atoms. The van der Waals surface area contributed by atoms with Crippen LogP contribution in [0.3, 0.4) is 0 Å². The first-order valence-corrected chi connectivity index (χ1v) is 23.8. The predicted octanol–water partition coefficient (Wildman–Crippen LogP) is 12.6. The van der Waals surface area contributed by atoms with E-state index in [1.165, 1.54) is 86.6 Å². The van der Waals surface area contributed by atoms with Crippen molar-refractivity contribution in [3.8, 4) is 33.6 Å². The maximum Gasteiger partial charge on any atom is 0.179 e. The van der Waals surface area contributed by atoms with Crippen LogP contribution in [0.1, 0.15) is 0 Å². The highest BCUT2D eigenvalue weighted by molar-refractivity contribution is 7.20. The van der Waals surface area contributed by atoms with E-state index >= 15 is 0 Å². The smallest absolute Gasteiger partial charge is 0.179 e. The molecular weight excluding hydrogens is 777 g/mol. The summed E-state index contributed by atoms with van der Waals surface area (Å²) in [6.07, 6.45) is 0. The normalized spacial score (nSPS) is 11.8. The van der Waals surface area contributed by atoms with Gasteiger partial charge in [-0.2, -0.15) is 0 Å². The van der Waals surface area contributed by atoms with Gasteiger partial charge in [0.25, 0.3) is 0 Å². The molecule has 0 N–H and O–H groups in total. The zero-order valence-electron chi connectivity index (χ0n) is 34.6. The van der Waals surface area contributed by atoms with Crippen LogP contribution in [0.15, 0.2) is 255 Å². The lowest BCUT2D eigenvalue weighted by Crippen LogP contribution is -2.74. The molecule has 0 spiro atoms. The number of rotatable bonds is 8. The summed E-state index contributed by atoms with van der Waals surface area (Å²) in [7, 11) is -2.86. The van der Waals surface area contributed by atoms with Gasteiger partial charge in [0.1, 0.15) is 0 Å². The van der Waals surface area contributed by atoms with E-state index < -0.39 is 8.07 Å². The molecule has 0 fully saturated rings. The van der Waals surface area contributed by atoms with Crippen molar-refractivity contribution in [1.29, 1.82) is 0 Å². The van der Waals surface area contributed by atoms with Crippen LogP contribution in [0.5, 0.6) is 0 Å². The van der Waals surface area contributed by atoms with Gasteiger partial charge in [-0.3, -0.25) is 0 Å². The molecule has 0 saturated carbocycles. The number of hydrogen-bond acceptors (Lipinski definition) is 0. The summed E-state index contributed by atoms with van der Waals surface area (Å²) in [5.41, 5.74) is 11.7. The van der Waals surface area contributed by atoms with Gasteiger partial charge in [0.2, 0.25) is 0 Å². The average molecular weight is 819 g/mol. The first-order chi connectivity index (χ1) is 31.3. The lowest BCUT2D eigenvalue weighted by molar-refractivity contribution is 1.13. The number of nitrogens with zero attached hydrogens (tertiary/aromatic N) is 2. The molecule has 10 aromatic carbocycles. The van der Waals surface area contributed by atoms with Crippen LogP contribution in [-0.2, 0) is 0 Å². The van der Waals surface area contributed by atoms with E-state index in [0.29, 0.717) is 0 Å². The number of fused-ring (bicyclic) bond motifs is 6. The van der Waals surface area contributed by atoms with Gasteiger partial charge in [0, 0.05) is 27.1 Å². The molecule has 2 aromatic heterocycles. The minimum Gasteiger partial charge on any atom is -0.307 e. The molecule has 0 saturated heterocycles. The van der Waals surface area contributed by atoms with Gasteiger partial charge in [-0.05, 0) is 73.8 Å². The summed E-state index contributed by atoms with van der Waals surface area (Å²) in [5, 5.41) is 10.3. The van der Waals surface area contributed by atoms with Crippen molar-refractivity contribution in [1.82, 2.24) is 9.13 Å². The molecule has 2 nitrogen and oxygen atoms in total. The highest BCUT2D eigenvalue weighted by Gasteiger charge is 2.41. The van der Waals surface area contributed by atoms with Crippen molar-refractivity contribution < 1.29 is 0 Å². The number of aromatic nitrogens is 2. The SMILES string of the molecule is c1ccc(-c2cc(-n3c4ccccc4c4ccc([Si](c5ccccc5)(c5ccccc5)c5ccccc5)cc43)c3c(c2)c2ccccc2n3-c2ccccc2-c2ccccc2)cc1. The van der Waals surface area contributed by atoms with Crippen molar-refractivity contribution in [3.05, 3.63) is 255 Å². The largest absolute Gasteiger partial charge is 0.307 e. The highest BCUT2D eigenvalue weighted by atomic mass is 28.3. The maximum atomic E-state index is 2.57. The third-order valence-electron chi connectivity index (χ3n) is 13.1. The summed E-state index contributed by atoms with van der Waals surface area (Å²) in [5.74, 6) is 0. The van der Waals surface area contributed by atoms with E-state index in [0.717, 1.165) is 11.4 Å². The fourth-order valence-corrected chi connectivity index (χ4v) is 15.1. The Balaban J connectivity index is 1.26. The Kier molecular flexibility index (Phi) is 8.87. The van der Waals surface area contributed by atoms with Crippen LogP contribution in [-0.4, -0.2) is 17.2 Å². The minimum absolute atomic E-state index is 1.14. The van der Waals surface area contributed by atoms with E-state index in [4.69, 9.17) is 0 Å². The first-order valence-electron chi connectivity index (χ1n) is 21.8. The molecule has 12 rings (SSSR count). The van der Waals surface area contributed by atoms with Crippen molar-refractivity contribution in [2.45, 2.75) is 0 Å². The Bertz CT molecular complexity index is 3500. The summed E-state index contributed by atoms with van der Waals surface area (Å²) in [6, 6.07) is 94.4. The molecule has 0 radical (unpaired) electrons. The van der Waals surface area contributed by atoms with Gasteiger partial charge in [-0.1, -0.05) is 218 Å². The predicted molar refractivity (Wildman–Crippen MR) is 270 cm³/mol. The molecule has 296 valence electrons. The van der Waals surface area contributed by atoms with Crippen molar-refractivity contribution in [2.24, 2.45) is 0 Å². The molecule has 2 heterocycles. The van der Waals surface area contributed by atoms with Crippen LogP contribution in [0.25, 0.3) is 77.2 Å². The molecular formula is C60H42N2Si. The molecule has 0 unspecified atom stereocenters. The fraction of sp³-hybridized carbons (Fsp3) is 0. The van der Waals surface area contributed by atoms with E-state index in [2.05, 4.69) is 264 Å². The van der Waals surface area contributed by atoms with Gasteiger partial charge in [-0.25, -0.2) is 0 Å². The maximum absolute atomic E-state index is 2.86. The third kappa shape index (κ3) is 5.85. The Morgan fingerprint density at radius 2 is 0.714 bits per heavy atom. The first kappa shape index (κ1) is 36.8.